The van der Waals surface area contributed by atoms with Gasteiger partial charge >= 0.3 is 0 Å². The molecule has 0 radical (unpaired) electrons. The zero-order valence-electron chi connectivity index (χ0n) is 22.0. The van der Waals surface area contributed by atoms with Gasteiger partial charge in [-0.3, -0.25) is 14.4 Å². The molecule has 3 aromatic carbocycles. The Hall–Kier alpha value is -3.77. The van der Waals surface area contributed by atoms with Gasteiger partial charge in [0.25, 0.3) is 0 Å². The van der Waals surface area contributed by atoms with E-state index in [2.05, 4.69) is 10.6 Å². The largest absolute Gasteiger partial charge is 0.389 e. The van der Waals surface area contributed by atoms with Crippen molar-refractivity contribution in [3.05, 3.63) is 94.5 Å². The van der Waals surface area contributed by atoms with Gasteiger partial charge in [-0.1, -0.05) is 54.6 Å². The number of Topliss-reactive ketones (excluding diaryl/α,β-unsaturated/α-hetero) is 1. The molecule has 2 amide bonds. The molecule has 3 N–H and O–H groups in total. The zero-order chi connectivity index (χ0) is 26.9. The van der Waals surface area contributed by atoms with Crippen molar-refractivity contribution < 1.29 is 19.5 Å². The number of aliphatic hydroxyl groups is 1. The lowest BCUT2D eigenvalue weighted by molar-refractivity contribution is -0.150. The third kappa shape index (κ3) is 5.20. The second-order valence-corrected chi connectivity index (χ2v) is 10.4. The Kier molecular flexibility index (Phi) is 7.32. The van der Waals surface area contributed by atoms with Crippen molar-refractivity contribution in [3.8, 4) is 0 Å². The summed E-state index contributed by atoms with van der Waals surface area (Å²) < 4.78 is 0. The minimum absolute atomic E-state index is 0.299. The van der Waals surface area contributed by atoms with Crippen LogP contribution in [-0.2, 0) is 14.4 Å². The van der Waals surface area contributed by atoms with Gasteiger partial charge in [-0.15, -0.1) is 0 Å². The number of rotatable bonds is 5. The lowest BCUT2D eigenvalue weighted by Gasteiger charge is -2.44. The van der Waals surface area contributed by atoms with Gasteiger partial charge in [0.15, 0.2) is 0 Å². The summed E-state index contributed by atoms with van der Waals surface area (Å²) >= 11 is 0. The lowest BCUT2D eigenvalue weighted by atomic mass is 9.61. The maximum absolute atomic E-state index is 13.8. The molecular weight excluding hydrogens is 464 g/mol. The average Bonchev–Trinajstić information content (AvgIpc) is 2.84. The summed E-state index contributed by atoms with van der Waals surface area (Å²) in [5, 5.41) is 17.4. The van der Waals surface area contributed by atoms with Crippen LogP contribution in [0.15, 0.2) is 66.7 Å². The standard InChI is InChI=1S/C31H34N2O4/c1-18-11-9-15-23(20(18)3)32-29(35)27-25(34)17-31(5,37)28(26(27)22-13-7-6-8-14-22)30(36)33-24-16-10-12-19(2)21(24)4/h6-16,26-28,37H,17H2,1-5H3,(H,32,35)(H,33,36). The maximum Gasteiger partial charge on any atom is 0.235 e. The number of amides is 2. The van der Waals surface area contributed by atoms with E-state index in [1.165, 1.54) is 6.92 Å². The van der Waals surface area contributed by atoms with E-state index in [-0.39, 0.29) is 6.42 Å². The van der Waals surface area contributed by atoms with Crippen LogP contribution in [0.5, 0.6) is 0 Å². The van der Waals surface area contributed by atoms with E-state index >= 15 is 0 Å². The second kappa shape index (κ2) is 10.3. The van der Waals surface area contributed by atoms with Crippen LogP contribution in [0, 0.1) is 39.5 Å². The molecule has 0 bridgehead atoms. The lowest BCUT2D eigenvalue weighted by Crippen LogP contribution is -2.56. The van der Waals surface area contributed by atoms with Gasteiger partial charge in [0.1, 0.15) is 11.7 Å². The monoisotopic (exact) mass is 498 g/mol. The molecule has 0 heterocycles. The van der Waals surface area contributed by atoms with Crippen molar-refractivity contribution >= 4 is 29.0 Å². The molecule has 1 aliphatic carbocycles. The summed E-state index contributed by atoms with van der Waals surface area (Å²) in [5.41, 5.74) is 4.14. The van der Waals surface area contributed by atoms with Crippen molar-refractivity contribution in [2.75, 3.05) is 10.6 Å². The highest BCUT2D eigenvalue weighted by molar-refractivity contribution is 6.10. The number of nitrogens with one attached hydrogen (secondary N) is 2. The van der Waals surface area contributed by atoms with Crippen molar-refractivity contribution in [3.63, 3.8) is 0 Å². The molecule has 1 saturated carbocycles. The molecule has 4 unspecified atom stereocenters. The highest BCUT2D eigenvalue weighted by Gasteiger charge is 2.55. The summed E-state index contributed by atoms with van der Waals surface area (Å²) in [4.78, 5) is 41.0. The molecule has 0 spiro atoms. The first-order valence-corrected chi connectivity index (χ1v) is 12.6. The number of aryl methyl sites for hydroxylation is 2. The van der Waals surface area contributed by atoms with Crippen molar-refractivity contribution in [2.45, 2.75) is 52.6 Å². The predicted molar refractivity (Wildman–Crippen MR) is 146 cm³/mol. The Morgan fingerprint density at radius 1 is 0.784 bits per heavy atom. The normalized spacial score (nSPS) is 23.4. The first kappa shape index (κ1) is 26.3. The first-order chi connectivity index (χ1) is 17.5. The number of benzene rings is 3. The van der Waals surface area contributed by atoms with E-state index in [1.807, 2.05) is 76.2 Å². The molecule has 4 atom stereocenters. The van der Waals surface area contributed by atoms with Gasteiger partial charge < -0.3 is 15.7 Å². The van der Waals surface area contributed by atoms with E-state index in [1.54, 1.807) is 18.2 Å². The van der Waals surface area contributed by atoms with Gasteiger partial charge in [0, 0.05) is 23.7 Å². The summed E-state index contributed by atoms with van der Waals surface area (Å²) in [6.45, 7) is 9.25. The van der Waals surface area contributed by atoms with Crippen LogP contribution in [0.25, 0.3) is 0 Å². The van der Waals surface area contributed by atoms with Crippen LogP contribution in [0.2, 0.25) is 0 Å². The van der Waals surface area contributed by atoms with E-state index in [4.69, 9.17) is 0 Å². The minimum Gasteiger partial charge on any atom is -0.389 e. The number of carbonyl (C=O) groups excluding carboxylic acids is 3. The SMILES string of the molecule is Cc1cccc(NC(=O)C2C(=O)CC(C)(O)C(C(=O)Nc3cccc(C)c3C)C2c2ccccc2)c1C. The highest BCUT2D eigenvalue weighted by atomic mass is 16.3. The van der Waals surface area contributed by atoms with Crippen molar-refractivity contribution in [1.82, 2.24) is 0 Å². The fourth-order valence-corrected chi connectivity index (χ4v) is 5.36. The zero-order valence-corrected chi connectivity index (χ0v) is 22.0. The quantitative estimate of drug-likeness (QED) is 0.420. The predicted octanol–water partition coefficient (Wildman–Crippen LogP) is 5.24. The summed E-state index contributed by atoms with van der Waals surface area (Å²) in [6, 6.07) is 20.3. The van der Waals surface area contributed by atoms with Crippen LogP contribution in [0.4, 0.5) is 11.4 Å². The van der Waals surface area contributed by atoms with Gasteiger partial charge in [-0.2, -0.15) is 0 Å². The van der Waals surface area contributed by atoms with Crippen LogP contribution in [0.1, 0.15) is 47.1 Å². The molecular formula is C31H34N2O4. The van der Waals surface area contributed by atoms with E-state index in [9.17, 15) is 19.5 Å². The molecule has 4 rings (SSSR count). The molecule has 1 aliphatic rings. The Morgan fingerprint density at radius 3 is 1.84 bits per heavy atom. The molecule has 0 saturated heterocycles. The summed E-state index contributed by atoms with van der Waals surface area (Å²) in [5.74, 6) is -4.33. The second-order valence-electron chi connectivity index (χ2n) is 10.4. The Bertz CT molecular complexity index is 1350. The summed E-state index contributed by atoms with van der Waals surface area (Å²) in [7, 11) is 0. The van der Waals surface area contributed by atoms with E-state index in [0.717, 1.165) is 22.3 Å². The molecule has 6 heteroatoms. The van der Waals surface area contributed by atoms with Gasteiger partial charge in [0.2, 0.25) is 11.8 Å². The third-order valence-electron chi connectivity index (χ3n) is 7.74. The molecule has 3 aromatic rings. The van der Waals surface area contributed by atoms with Gasteiger partial charge in [0.05, 0.1) is 11.5 Å². The Labute approximate surface area is 218 Å². The molecule has 0 aromatic heterocycles. The Morgan fingerprint density at radius 2 is 1.30 bits per heavy atom. The van der Waals surface area contributed by atoms with Gasteiger partial charge in [-0.25, -0.2) is 0 Å². The smallest absolute Gasteiger partial charge is 0.235 e. The maximum atomic E-state index is 13.8. The van der Waals surface area contributed by atoms with Crippen LogP contribution in [0.3, 0.4) is 0 Å². The van der Waals surface area contributed by atoms with Crippen molar-refractivity contribution in [2.24, 2.45) is 11.8 Å². The fourth-order valence-electron chi connectivity index (χ4n) is 5.36. The first-order valence-electron chi connectivity index (χ1n) is 12.6. The number of hydrogen-bond donors (Lipinski definition) is 3. The highest BCUT2D eigenvalue weighted by Crippen LogP contribution is 2.46. The minimum atomic E-state index is -1.64. The topological polar surface area (TPSA) is 95.5 Å². The molecule has 0 aliphatic heterocycles. The fraction of sp³-hybridized carbons (Fsp3) is 0.323. The Balaban J connectivity index is 1.77. The number of anilines is 2. The average molecular weight is 499 g/mol. The van der Waals surface area contributed by atoms with Crippen LogP contribution >= 0.6 is 0 Å². The number of carbonyl (C=O) groups is 3. The van der Waals surface area contributed by atoms with Crippen LogP contribution in [-0.4, -0.2) is 28.3 Å². The van der Waals surface area contributed by atoms with Crippen molar-refractivity contribution in [1.29, 1.82) is 0 Å². The van der Waals surface area contributed by atoms with Gasteiger partial charge in [-0.05, 0) is 74.6 Å². The molecule has 192 valence electrons. The molecule has 6 nitrogen and oxygen atoms in total. The number of hydrogen-bond acceptors (Lipinski definition) is 4. The van der Waals surface area contributed by atoms with E-state index < -0.39 is 41.0 Å². The summed E-state index contributed by atoms with van der Waals surface area (Å²) in [6.07, 6.45) is -0.299. The third-order valence-corrected chi connectivity index (χ3v) is 7.74. The van der Waals surface area contributed by atoms with Crippen LogP contribution < -0.4 is 10.6 Å². The number of ketones is 1. The molecule has 1 fully saturated rings. The molecule has 37 heavy (non-hydrogen) atoms. The van der Waals surface area contributed by atoms with E-state index in [0.29, 0.717) is 16.9 Å².